The molecule has 2 heterocycles. The summed E-state index contributed by atoms with van der Waals surface area (Å²) >= 11 is 3.14. The van der Waals surface area contributed by atoms with Crippen LogP contribution >= 0.6 is 23.3 Å². The Balaban J connectivity index is 1.84. The lowest BCUT2D eigenvalue weighted by Gasteiger charge is -1.97. The molecular weight excluding hydrogens is 266 g/mol. The van der Waals surface area contributed by atoms with E-state index in [4.69, 9.17) is 4.42 Å². The Labute approximate surface area is 115 Å². The van der Waals surface area contributed by atoms with E-state index < -0.39 is 0 Å². The normalized spacial score (nSPS) is 11.0. The highest BCUT2D eigenvalue weighted by molar-refractivity contribution is 8.00. The SMILES string of the molecule is CCNCc1ccc(CSc2nc(CC)ns2)o1. The van der Waals surface area contributed by atoms with E-state index >= 15 is 0 Å². The highest BCUT2D eigenvalue weighted by Gasteiger charge is 2.06. The highest BCUT2D eigenvalue weighted by atomic mass is 32.2. The number of nitrogens with one attached hydrogen (secondary N) is 1. The van der Waals surface area contributed by atoms with Gasteiger partial charge in [-0.2, -0.15) is 4.37 Å². The molecule has 0 bridgehead atoms. The van der Waals surface area contributed by atoms with Crippen molar-refractivity contribution in [2.45, 2.75) is 36.9 Å². The predicted octanol–water partition coefficient (Wildman–Crippen LogP) is 3.10. The first-order chi connectivity index (χ1) is 8.81. The molecule has 0 spiro atoms. The minimum absolute atomic E-state index is 0.792. The number of hydrogen-bond acceptors (Lipinski definition) is 6. The second-order valence-electron chi connectivity index (χ2n) is 3.77. The molecule has 0 fully saturated rings. The molecule has 0 saturated heterocycles. The molecule has 0 saturated carbocycles. The molecule has 0 aliphatic heterocycles. The average molecular weight is 283 g/mol. The van der Waals surface area contributed by atoms with Gasteiger partial charge in [0, 0.05) is 6.42 Å². The summed E-state index contributed by atoms with van der Waals surface area (Å²) < 4.78 is 11.0. The van der Waals surface area contributed by atoms with E-state index in [0.717, 1.165) is 46.9 Å². The fraction of sp³-hybridized carbons (Fsp3) is 0.500. The maximum absolute atomic E-state index is 5.71. The van der Waals surface area contributed by atoms with Crippen LogP contribution in [0.5, 0.6) is 0 Å². The van der Waals surface area contributed by atoms with Crippen LogP contribution in [0.25, 0.3) is 0 Å². The Kier molecular flexibility index (Phi) is 5.22. The molecule has 2 rings (SSSR count). The number of nitrogens with zero attached hydrogens (tertiary/aromatic N) is 2. The topological polar surface area (TPSA) is 51.0 Å². The summed E-state index contributed by atoms with van der Waals surface area (Å²) in [6.45, 7) is 5.89. The molecule has 6 heteroatoms. The summed E-state index contributed by atoms with van der Waals surface area (Å²) in [5.74, 6) is 3.71. The van der Waals surface area contributed by atoms with Gasteiger partial charge in [0.1, 0.15) is 17.3 Å². The van der Waals surface area contributed by atoms with E-state index in [-0.39, 0.29) is 0 Å². The summed E-state index contributed by atoms with van der Waals surface area (Å²) in [5, 5.41) is 3.24. The van der Waals surface area contributed by atoms with Gasteiger partial charge in [-0.25, -0.2) is 4.98 Å². The summed E-state index contributed by atoms with van der Waals surface area (Å²) in [6.07, 6.45) is 0.893. The van der Waals surface area contributed by atoms with Crippen molar-refractivity contribution in [3.8, 4) is 0 Å². The quantitative estimate of drug-likeness (QED) is 0.791. The molecule has 18 heavy (non-hydrogen) atoms. The van der Waals surface area contributed by atoms with E-state index in [1.807, 2.05) is 12.1 Å². The van der Waals surface area contributed by atoms with Crippen LogP contribution in [0.3, 0.4) is 0 Å². The number of furan rings is 1. The van der Waals surface area contributed by atoms with Crippen molar-refractivity contribution < 1.29 is 4.42 Å². The van der Waals surface area contributed by atoms with Crippen LogP contribution in [-0.4, -0.2) is 15.9 Å². The van der Waals surface area contributed by atoms with Crippen molar-refractivity contribution in [3.63, 3.8) is 0 Å². The Morgan fingerprint density at radius 1 is 1.33 bits per heavy atom. The van der Waals surface area contributed by atoms with E-state index in [1.54, 1.807) is 11.8 Å². The van der Waals surface area contributed by atoms with Gasteiger partial charge in [0.05, 0.1) is 12.3 Å². The molecule has 2 aromatic rings. The van der Waals surface area contributed by atoms with Crippen LogP contribution in [0.2, 0.25) is 0 Å². The molecule has 0 radical (unpaired) electrons. The monoisotopic (exact) mass is 283 g/mol. The van der Waals surface area contributed by atoms with Gasteiger partial charge >= 0.3 is 0 Å². The van der Waals surface area contributed by atoms with Crippen molar-refractivity contribution in [3.05, 3.63) is 29.5 Å². The maximum atomic E-state index is 5.71. The number of thioether (sulfide) groups is 1. The molecule has 0 aliphatic carbocycles. The third kappa shape index (κ3) is 3.83. The van der Waals surface area contributed by atoms with Crippen molar-refractivity contribution >= 4 is 23.3 Å². The Bertz CT molecular complexity index is 481. The fourth-order valence-electron chi connectivity index (χ4n) is 1.42. The summed E-state index contributed by atoms with van der Waals surface area (Å²) in [7, 11) is 0. The smallest absolute Gasteiger partial charge is 0.170 e. The van der Waals surface area contributed by atoms with Gasteiger partial charge < -0.3 is 9.73 Å². The zero-order valence-corrected chi connectivity index (χ0v) is 12.2. The van der Waals surface area contributed by atoms with Crippen LogP contribution in [0.4, 0.5) is 0 Å². The van der Waals surface area contributed by atoms with Crippen molar-refractivity contribution in [1.29, 1.82) is 0 Å². The van der Waals surface area contributed by atoms with E-state index in [9.17, 15) is 0 Å². The molecule has 2 aromatic heterocycles. The first kappa shape index (κ1) is 13.6. The highest BCUT2D eigenvalue weighted by Crippen LogP contribution is 2.25. The number of aromatic nitrogens is 2. The van der Waals surface area contributed by atoms with Crippen LogP contribution in [0.1, 0.15) is 31.2 Å². The predicted molar refractivity (Wildman–Crippen MR) is 74.9 cm³/mol. The van der Waals surface area contributed by atoms with Gasteiger partial charge in [0.25, 0.3) is 0 Å². The molecule has 0 unspecified atom stereocenters. The van der Waals surface area contributed by atoms with Gasteiger partial charge in [-0.15, -0.1) is 0 Å². The second kappa shape index (κ2) is 6.92. The Hall–Kier alpha value is -0.850. The number of rotatable bonds is 7. The summed E-state index contributed by atoms with van der Waals surface area (Å²) in [5.41, 5.74) is 0. The Morgan fingerprint density at radius 2 is 2.17 bits per heavy atom. The summed E-state index contributed by atoms with van der Waals surface area (Å²) in [4.78, 5) is 4.42. The first-order valence-electron chi connectivity index (χ1n) is 6.05. The lowest BCUT2D eigenvalue weighted by molar-refractivity contribution is 0.463. The van der Waals surface area contributed by atoms with Crippen LogP contribution in [0, 0.1) is 0 Å². The van der Waals surface area contributed by atoms with Gasteiger partial charge in [-0.05, 0) is 30.2 Å². The maximum Gasteiger partial charge on any atom is 0.170 e. The van der Waals surface area contributed by atoms with Crippen molar-refractivity contribution in [2.24, 2.45) is 0 Å². The van der Waals surface area contributed by atoms with Crippen LogP contribution < -0.4 is 5.32 Å². The minimum atomic E-state index is 0.792. The molecule has 98 valence electrons. The molecular formula is C12H17N3OS2. The minimum Gasteiger partial charge on any atom is -0.464 e. The molecule has 0 aromatic carbocycles. The van der Waals surface area contributed by atoms with Crippen LogP contribution in [-0.2, 0) is 18.7 Å². The van der Waals surface area contributed by atoms with Crippen molar-refractivity contribution in [1.82, 2.24) is 14.7 Å². The van der Waals surface area contributed by atoms with Gasteiger partial charge in [-0.1, -0.05) is 25.6 Å². The van der Waals surface area contributed by atoms with E-state index in [1.165, 1.54) is 11.5 Å². The van der Waals surface area contributed by atoms with Gasteiger partial charge in [0.2, 0.25) is 0 Å². The largest absolute Gasteiger partial charge is 0.464 e. The third-order valence-corrected chi connectivity index (χ3v) is 4.26. The second-order valence-corrected chi connectivity index (χ2v) is 5.74. The average Bonchev–Trinajstić information content (AvgIpc) is 3.03. The molecule has 0 atom stereocenters. The standard InChI is InChI=1S/C12H17N3OS2/c1-3-11-14-12(18-15-11)17-8-10-6-5-9(16-10)7-13-4-2/h5-6,13H,3-4,7-8H2,1-2H3. The molecule has 1 N–H and O–H groups in total. The van der Waals surface area contributed by atoms with Crippen molar-refractivity contribution in [2.75, 3.05) is 6.54 Å². The lowest BCUT2D eigenvalue weighted by atomic mass is 10.4. The molecule has 4 nitrogen and oxygen atoms in total. The van der Waals surface area contributed by atoms with E-state index in [2.05, 4.69) is 28.5 Å². The first-order valence-corrected chi connectivity index (χ1v) is 7.81. The van der Waals surface area contributed by atoms with Gasteiger partial charge in [-0.3, -0.25) is 0 Å². The number of hydrogen-bond donors (Lipinski definition) is 1. The summed E-state index contributed by atoms with van der Waals surface area (Å²) in [6, 6.07) is 4.05. The zero-order chi connectivity index (χ0) is 12.8. The molecule has 0 aliphatic rings. The van der Waals surface area contributed by atoms with Gasteiger partial charge in [0.15, 0.2) is 4.34 Å². The fourth-order valence-corrected chi connectivity index (χ4v) is 3.01. The molecule has 0 amide bonds. The van der Waals surface area contributed by atoms with E-state index in [0.29, 0.717) is 0 Å². The van der Waals surface area contributed by atoms with Crippen LogP contribution in [0.15, 0.2) is 20.9 Å². The third-order valence-electron chi connectivity index (χ3n) is 2.37. The lowest BCUT2D eigenvalue weighted by Crippen LogP contribution is -2.10. The Morgan fingerprint density at radius 3 is 2.89 bits per heavy atom. The zero-order valence-electron chi connectivity index (χ0n) is 10.6. The number of aryl methyl sites for hydroxylation is 1.